The van der Waals surface area contributed by atoms with E-state index in [1.807, 2.05) is 11.0 Å². The van der Waals surface area contributed by atoms with Gasteiger partial charge in [0.05, 0.1) is 5.69 Å². The van der Waals surface area contributed by atoms with Gasteiger partial charge >= 0.3 is 0 Å². The van der Waals surface area contributed by atoms with Crippen molar-refractivity contribution in [2.75, 3.05) is 26.2 Å². The summed E-state index contributed by atoms with van der Waals surface area (Å²) in [6, 6.07) is 17.0. The lowest BCUT2D eigenvalue weighted by Gasteiger charge is -2.32. The largest absolute Gasteiger partial charge is 0.351 e. The van der Waals surface area contributed by atoms with Crippen molar-refractivity contribution in [2.24, 2.45) is 5.92 Å². The van der Waals surface area contributed by atoms with Crippen molar-refractivity contribution in [3.8, 4) is 0 Å². The molecule has 0 saturated carbocycles. The zero-order valence-corrected chi connectivity index (χ0v) is 18.3. The topological polar surface area (TPSA) is 49.6 Å². The summed E-state index contributed by atoms with van der Waals surface area (Å²) in [5.74, 6) is 1.41. The molecule has 2 fully saturated rings. The van der Waals surface area contributed by atoms with E-state index in [0.717, 1.165) is 64.1 Å². The van der Waals surface area contributed by atoms with E-state index < -0.39 is 0 Å². The fourth-order valence-electron chi connectivity index (χ4n) is 5.06. The van der Waals surface area contributed by atoms with Crippen LogP contribution in [-0.4, -0.2) is 47.0 Å². The smallest absolute Gasteiger partial charge is 0.292 e. The highest BCUT2D eigenvalue weighted by Gasteiger charge is 2.28. The normalized spacial score (nSPS) is 20.9. The predicted molar refractivity (Wildman–Crippen MR) is 122 cm³/mol. The summed E-state index contributed by atoms with van der Waals surface area (Å²) in [7, 11) is 0. The van der Waals surface area contributed by atoms with Crippen molar-refractivity contribution in [1.82, 2.24) is 15.0 Å². The van der Waals surface area contributed by atoms with Crippen LogP contribution in [-0.2, 0) is 6.54 Å². The Morgan fingerprint density at radius 3 is 2.74 bits per heavy atom. The van der Waals surface area contributed by atoms with Gasteiger partial charge in [0.2, 0.25) is 5.76 Å². The van der Waals surface area contributed by atoms with E-state index in [1.54, 1.807) is 0 Å². The van der Waals surface area contributed by atoms with Gasteiger partial charge in [-0.3, -0.25) is 9.69 Å². The second-order valence-electron chi connectivity index (χ2n) is 9.30. The van der Waals surface area contributed by atoms with Crippen molar-refractivity contribution in [3.63, 3.8) is 0 Å². The molecule has 1 atom stereocenters. The van der Waals surface area contributed by atoms with Gasteiger partial charge < -0.3 is 9.42 Å². The van der Waals surface area contributed by atoms with E-state index in [-0.39, 0.29) is 5.91 Å². The van der Waals surface area contributed by atoms with Crippen LogP contribution in [0.4, 0.5) is 0 Å². The van der Waals surface area contributed by atoms with Gasteiger partial charge in [0.1, 0.15) is 0 Å². The van der Waals surface area contributed by atoms with Gasteiger partial charge in [0.25, 0.3) is 5.91 Å². The zero-order chi connectivity index (χ0) is 21.2. The Morgan fingerprint density at radius 1 is 1.06 bits per heavy atom. The SMILES string of the molecule is CC1CCN(C(=O)c2cc([C@H]3CCCN(Cc4cccc5ccccc45)C3)no2)CC1. The molecule has 3 aromatic rings. The summed E-state index contributed by atoms with van der Waals surface area (Å²) < 4.78 is 5.51. The summed E-state index contributed by atoms with van der Waals surface area (Å²) in [5, 5.41) is 6.94. The Hall–Kier alpha value is -2.66. The molecule has 2 saturated heterocycles. The lowest BCUT2D eigenvalue weighted by molar-refractivity contribution is 0.0655. The Balaban J connectivity index is 1.26. The highest BCUT2D eigenvalue weighted by atomic mass is 16.5. The van der Waals surface area contributed by atoms with Crippen molar-refractivity contribution in [3.05, 3.63) is 65.5 Å². The number of likely N-dealkylation sites (tertiary alicyclic amines) is 2. The molecule has 0 aliphatic carbocycles. The third kappa shape index (κ3) is 4.38. The van der Waals surface area contributed by atoms with Crippen LogP contribution in [0.15, 0.2) is 53.1 Å². The molecule has 2 aromatic carbocycles. The average Bonchev–Trinajstić information content (AvgIpc) is 3.30. The fourth-order valence-corrected chi connectivity index (χ4v) is 5.06. The molecule has 2 aliphatic heterocycles. The van der Waals surface area contributed by atoms with Crippen LogP contribution in [0.3, 0.4) is 0 Å². The van der Waals surface area contributed by atoms with Crippen LogP contribution in [0, 0.1) is 5.92 Å². The van der Waals surface area contributed by atoms with Gasteiger partial charge in [0, 0.05) is 38.2 Å². The molecule has 5 rings (SSSR count). The molecular formula is C26H31N3O2. The molecule has 5 heteroatoms. The van der Waals surface area contributed by atoms with Gasteiger partial charge in [-0.2, -0.15) is 0 Å². The third-order valence-electron chi connectivity index (χ3n) is 7.01. The molecule has 0 unspecified atom stereocenters. The van der Waals surface area contributed by atoms with E-state index in [4.69, 9.17) is 4.52 Å². The van der Waals surface area contributed by atoms with Crippen LogP contribution < -0.4 is 0 Å². The lowest BCUT2D eigenvalue weighted by atomic mass is 9.93. The molecule has 0 spiro atoms. The molecule has 2 aliphatic rings. The van der Waals surface area contributed by atoms with Crippen molar-refractivity contribution in [2.45, 2.75) is 45.1 Å². The first kappa shape index (κ1) is 20.3. The Morgan fingerprint density at radius 2 is 1.87 bits per heavy atom. The number of piperidine rings is 2. The van der Waals surface area contributed by atoms with Crippen LogP contribution in [0.25, 0.3) is 10.8 Å². The molecule has 5 nitrogen and oxygen atoms in total. The van der Waals surface area contributed by atoms with Crippen molar-refractivity contribution in [1.29, 1.82) is 0 Å². The third-order valence-corrected chi connectivity index (χ3v) is 7.01. The van der Waals surface area contributed by atoms with Gasteiger partial charge in [-0.05, 0) is 54.5 Å². The summed E-state index contributed by atoms with van der Waals surface area (Å²) in [4.78, 5) is 17.2. The molecule has 0 radical (unpaired) electrons. The van der Waals surface area contributed by atoms with Crippen LogP contribution in [0.2, 0.25) is 0 Å². The number of nitrogens with zero attached hydrogens (tertiary/aromatic N) is 3. The minimum atomic E-state index is -0.00549. The highest BCUT2D eigenvalue weighted by Crippen LogP contribution is 2.29. The maximum absolute atomic E-state index is 12.8. The summed E-state index contributed by atoms with van der Waals surface area (Å²) in [6.07, 6.45) is 4.36. The molecular weight excluding hydrogens is 386 g/mol. The number of benzene rings is 2. The van der Waals surface area contributed by atoms with Gasteiger partial charge in [-0.1, -0.05) is 54.5 Å². The van der Waals surface area contributed by atoms with Crippen LogP contribution in [0.1, 0.15) is 60.3 Å². The maximum Gasteiger partial charge on any atom is 0.292 e. The van der Waals surface area contributed by atoms with Crippen molar-refractivity contribution < 1.29 is 9.32 Å². The fraction of sp³-hybridized carbons (Fsp3) is 0.462. The average molecular weight is 418 g/mol. The van der Waals surface area contributed by atoms with E-state index in [2.05, 4.69) is 59.4 Å². The number of rotatable bonds is 4. The quantitative estimate of drug-likeness (QED) is 0.594. The van der Waals surface area contributed by atoms with E-state index in [1.165, 1.54) is 16.3 Å². The van der Waals surface area contributed by atoms with Crippen molar-refractivity contribution >= 4 is 16.7 Å². The molecule has 31 heavy (non-hydrogen) atoms. The summed E-state index contributed by atoms with van der Waals surface area (Å²) in [6.45, 7) is 6.87. The lowest BCUT2D eigenvalue weighted by Crippen LogP contribution is -2.37. The van der Waals surface area contributed by atoms with Gasteiger partial charge in [-0.15, -0.1) is 0 Å². The zero-order valence-electron chi connectivity index (χ0n) is 18.3. The molecule has 1 aromatic heterocycles. The maximum atomic E-state index is 12.8. The predicted octanol–water partition coefficient (Wildman–Crippen LogP) is 5.08. The molecule has 0 N–H and O–H groups in total. The first-order valence-electron chi connectivity index (χ1n) is 11.6. The molecule has 0 bridgehead atoms. The minimum Gasteiger partial charge on any atom is -0.351 e. The number of carbonyl (C=O) groups excluding carboxylic acids is 1. The number of carbonyl (C=O) groups is 1. The highest BCUT2D eigenvalue weighted by molar-refractivity contribution is 5.91. The van der Waals surface area contributed by atoms with Crippen LogP contribution in [0.5, 0.6) is 0 Å². The molecule has 162 valence electrons. The van der Waals surface area contributed by atoms with E-state index >= 15 is 0 Å². The minimum absolute atomic E-state index is 0.00549. The summed E-state index contributed by atoms with van der Waals surface area (Å²) >= 11 is 0. The van der Waals surface area contributed by atoms with E-state index in [9.17, 15) is 4.79 Å². The number of aromatic nitrogens is 1. The molecule has 1 amide bonds. The monoisotopic (exact) mass is 417 g/mol. The molecule has 3 heterocycles. The second-order valence-corrected chi connectivity index (χ2v) is 9.30. The first-order valence-corrected chi connectivity index (χ1v) is 11.6. The Bertz CT molecular complexity index is 1050. The number of hydrogen-bond acceptors (Lipinski definition) is 4. The first-order chi connectivity index (χ1) is 15.2. The van der Waals surface area contributed by atoms with Gasteiger partial charge in [0.15, 0.2) is 0 Å². The number of amides is 1. The number of hydrogen-bond donors (Lipinski definition) is 0. The second kappa shape index (κ2) is 8.83. The Labute approximate surface area is 184 Å². The van der Waals surface area contributed by atoms with Crippen LogP contribution >= 0.6 is 0 Å². The van der Waals surface area contributed by atoms with E-state index in [0.29, 0.717) is 17.6 Å². The number of fused-ring (bicyclic) bond motifs is 1. The Kier molecular flexibility index (Phi) is 5.77. The van der Waals surface area contributed by atoms with Gasteiger partial charge in [-0.25, -0.2) is 0 Å². The standard InChI is InChI=1S/C26H31N3O2/c1-19-11-14-29(15-12-19)26(30)25-16-24(27-31-25)22-9-5-13-28(18-22)17-21-8-4-7-20-6-2-3-10-23(20)21/h2-4,6-8,10,16,19,22H,5,9,11-15,17-18H2,1H3/t22-/m0/s1. The summed E-state index contributed by atoms with van der Waals surface area (Å²) in [5.41, 5.74) is 2.30.